The molecule has 0 aromatic carbocycles. The summed E-state index contributed by atoms with van der Waals surface area (Å²) in [4.78, 5) is 17.8. The summed E-state index contributed by atoms with van der Waals surface area (Å²) in [7, 11) is 0. The van der Waals surface area contributed by atoms with Crippen LogP contribution >= 0.6 is 0 Å². The van der Waals surface area contributed by atoms with Gasteiger partial charge in [-0.3, -0.25) is 0 Å². The largest absolute Gasteiger partial charge is 0.476 e. The molecule has 1 aliphatic heterocycles. The molecule has 8 nitrogen and oxygen atoms in total. The van der Waals surface area contributed by atoms with Crippen LogP contribution in [0.1, 0.15) is 13.8 Å². The second-order valence-corrected chi connectivity index (χ2v) is 5.59. The number of amides is 2. The van der Waals surface area contributed by atoms with E-state index in [1.807, 2.05) is 26.0 Å². The Labute approximate surface area is 136 Å². The van der Waals surface area contributed by atoms with Crippen molar-refractivity contribution >= 4 is 17.5 Å². The number of carbonyl (C=O) groups is 1. The number of nitrogens with two attached hydrogens (primary N) is 1. The summed E-state index contributed by atoms with van der Waals surface area (Å²) >= 11 is 0. The minimum Gasteiger partial charge on any atom is -0.476 e. The van der Waals surface area contributed by atoms with Crippen molar-refractivity contribution in [2.24, 2.45) is 0 Å². The van der Waals surface area contributed by atoms with Gasteiger partial charge in [0.25, 0.3) is 0 Å². The standard InChI is InChI=1S/C15H25N5O3/c1-11(2)18-15(21)17-3-6-23-14-10-12(9-13(16)19-14)20-4-7-22-8-5-20/h9-11H,3-8H2,1-2H3,(H2,16,19)(H2,17,18,21). The monoisotopic (exact) mass is 323 g/mol. The number of aromatic nitrogens is 1. The minimum atomic E-state index is -0.210. The van der Waals surface area contributed by atoms with Crippen molar-refractivity contribution in [1.29, 1.82) is 0 Å². The Morgan fingerprint density at radius 2 is 2.17 bits per heavy atom. The fourth-order valence-corrected chi connectivity index (χ4v) is 2.22. The van der Waals surface area contributed by atoms with Gasteiger partial charge in [-0.15, -0.1) is 0 Å². The number of rotatable bonds is 6. The third-order valence-electron chi connectivity index (χ3n) is 3.24. The lowest BCUT2D eigenvalue weighted by Gasteiger charge is -2.29. The first-order valence-corrected chi connectivity index (χ1v) is 7.82. The summed E-state index contributed by atoms with van der Waals surface area (Å²) in [6, 6.07) is 3.57. The highest BCUT2D eigenvalue weighted by atomic mass is 16.5. The van der Waals surface area contributed by atoms with Crippen molar-refractivity contribution in [2.75, 3.05) is 50.1 Å². The molecule has 1 saturated heterocycles. The summed E-state index contributed by atoms with van der Waals surface area (Å²) < 4.78 is 10.9. The van der Waals surface area contributed by atoms with Gasteiger partial charge in [-0.2, -0.15) is 4.98 Å². The fourth-order valence-electron chi connectivity index (χ4n) is 2.22. The summed E-state index contributed by atoms with van der Waals surface area (Å²) in [6.45, 7) is 7.56. The zero-order valence-electron chi connectivity index (χ0n) is 13.7. The lowest BCUT2D eigenvalue weighted by atomic mass is 10.3. The molecule has 2 heterocycles. The maximum Gasteiger partial charge on any atom is 0.315 e. The van der Waals surface area contributed by atoms with E-state index in [4.69, 9.17) is 15.2 Å². The van der Waals surface area contributed by atoms with Gasteiger partial charge in [-0.25, -0.2) is 4.79 Å². The van der Waals surface area contributed by atoms with Gasteiger partial charge in [0.2, 0.25) is 5.88 Å². The first kappa shape index (κ1) is 17.1. The lowest BCUT2D eigenvalue weighted by Crippen LogP contribution is -2.41. The Morgan fingerprint density at radius 3 is 2.87 bits per heavy atom. The molecule has 0 unspecified atom stereocenters. The number of nitrogen functional groups attached to an aromatic ring is 1. The third-order valence-corrected chi connectivity index (χ3v) is 3.24. The van der Waals surface area contributed by atoms with E-state index in [0.29, 0.717) is 38.1 Å². The van der Waals surface area contributed by atoms with Crippen LogP contribution in [0.25, 0.3) is 0 Å². The first-order chi connectivity index (χ1) is 11.0. The average molecular weight is 323 g/mol. The van der Waals surface area contributed by atoms with Crippen LogP contribution in [0, 0.1) is 0 Å². The van der Waals surface area contributed by atoms with Crippen molar-refractivity contribution < 1.29 is 14.3 Å². The van der Waals surface area contributed by atoms with E-state index >= 15 is 0 Å². The second-order valence-electron chi connectivity index (χ2n) is 5.59. The summed E-state index contributed by atoms with van der Waals surface area (Å²) in [5.74, 6) is 0.868. The normalized spacial score (nSPS) is 14.7. The number of nitrogens with one attached hydrogen (secondary N) is 2. The van der Waals surface area contributed by atoms with Crippen molar-refractivity contribution in [3.63, 3.8) is 0 Å². The molecule has 0 aliphatic carbocycles. The quantitative estimate of drug-likeness (QED) is 0.662. The Balaban J connectivity index is 1.83. The molecule has 1 aliphatic rings. The SMILES string of the molecule is CC(C)NC(=O)NCCOc1cc(N2CCOCC2)cc(N)n1. The van der Waals surface area contributed by atoms with E-state index in [2.05, 4.69) is 20.5 Å². The Kier molecular flexibility index (Phi) is 6.28. The summed E-state index contributed by atoms with van der Waals surface area (Å²) in [5, 5.41) is 5.46. The highest BCUT2D eigenvalue weighted by molar-refractivity contribution is 5.74. The number of ether oxygens (including phenoxy) is 2. The number of morpholine rings is 1. The molecule has 0 saturated carbocycles. The topological polar surface area (TPSA) is 102 Å². The number of urea groups is 1. The van der Waals surface area contributed by atoms with Gasteiger partial charge in [0.05, 0.1) is 19.8 Å². The van der Waals surface area contributed by atoms with Gasteiger partial charge in [0, 0.05) is 37.0 Å². The number of hydrogen-bond donors (Lipinski definition) is 3. The molecule has 128 valence electrons. The Morgan fingerprint density at radius 1 is 1.43 bits per heavy atom. The molecule has 0 bridgehead atoms. The van der Waals surface area contributed by atoms with E-state index in [1.165, 1.54) is 0 Å². The summed E-state index contributed by atoms with van der Waals surface area (Å²) in [5.41, 5.74) is 6.82. The number of anilines is 2. The van der Waals surface area contributed by atoms with Crippen LogP contribution in [0.15, 0.2) is 12.1 Å². The molecule has 23 heavy (non-hydrogen) atoms. The van der Waals surface area contributed by atoms with Crippen LogP contribution in [0.4, 0.5) is 16.3 Å². The minimum absolute atomic E-state index is 0.0996. The number of carbonyl (C=O) groups excluding carboxylic acids is 1. The molecule has 4 N–H and O–H groups in total. The number of pyridine rings is 1. The molecule has 1 aromatic heterocycles. The van der Waals surface area contributed by atoms with E-state index in [9.17, 15) is 4.79 Å². The molecular weight excluding hydrogens is 298 g/mol. The predicted molar refractivity (Wildman–Crippen MR) is 88.8 cm³/mol. The molecule has 0 spiro atoms. The number of hydrogen-bond acceptors (Lipinski definition) is 6. The van der Waals surface area contributed by atoms with E-state index < -0.39 is 0 Å². The maximum absolute atomic E-state index is 11.4. The number of nitrogens with zero attached hydrogens (tertiary/aromatic N) is 2. The van der Waals surface area contributed by atoms with Gasteiger partial charge in [-0.05, 0) is 13.8 Å². The molecule has 1 fully saturated rings. The predicted octanol–water partition coefficient (Wildman–Crippen LogP) is 0.587. The van der Waals surface area contributed by atoms with Gasteiger partial charge < -0.3 is 30.7 Å². The zero-order valence-corrected chi connectivity index (χ0v) is 13.7. The Bertz CT molecular complexity index is 518. The van der Waals surface area contributed by atoms with Crippen molar-refractivity contribution in [3.05, 3.63) is 12.1 Å². The van der Waals surface area contributed by atoms with Crippen molar-refractivity contribution in [2.45, 2.75) is 19.9 Å². The first-order valence-electron chi connectivity index (χ1n) is 7.82. The third kappa shape index (κ3) is 5.82. The van der Waals surface area contributed by atoms with Gasteiger partial charge in [0.1, 0.15) is 12.4 Å². The highest BCUT2D eigenvalue weighted by Gasteiger charge is 2.13. The Hall–Kier alpha value is -2.22. The van der Waals surface area contributed by atoms with Crippen LogP contribution in [-0.4, -0.2) is 56.5 Å². The molecule has 2 rings (SSSR count). The molecule has 1 aromatic rings. The fraction of sp³-hybridized carbons (Fsp3) is 0.600. The van der Waals surface area contributed by atoms with Crippen LogP contribution in [0.3, 0.4) is 0 Å². The van der Waals surface area contributed by atoms with Gasteiger partial charge in [-0.1, -0.05) is 0 Å². The lowest BCUT2D eigenvalue weighted by molar-refractivity contribution is 0.122. The molecule has 0 radical (unpaired) electrons. The van der Waals surface area contributed by atoms with Crippen LogP contribution < -0.4 is 26.0 Å². The van der Waals surface area contributed by atoms with Crippen LogP contribution in [0.2, 0.25) is 0 Å². The zero-order chi connectivity index (χ0) is 16.7. The maximum atomic E-state index is 11.4. The summed E-state index contributed by atoms with van der Waals surface area (Å²) in [6.07, 6.45) is 0. The molecule has 2 amide bonds. The highest BCUT2D eigenvalue weighted by Crippen LogP contribution is 2.23. The van der Waals surface area contributed by atoms with Crippen molar-refractivity contribution in [1.82, 2.24) is 15.6 Å². The van der Waals surface area contributed by atoms with Crippen LogP contribution in [-0.2, 0) is 4.74 Å². The molecule has 0 atom stereocenters. The smallest absolute Gasteiger partial charge is 0.315 e. The van der Waals surface area contributed by atoms with E-state index in [0.717, 1.165) is 18.8 Å². The van der Waals surface area contributed by atoms with Crippen LogP contribution in [0.5, 0.6) is 5.88 Å². The van der Waals surface area contributed by atoms with E-state index in [1.54, 1.807) is 0 Å². The van der Waals surface area contributed by atoms with Crippen molar-refractivity contribution in [3.8, 4) is 5.88 Å². The molecular formula is C15H25N5O3. The van der Waals surface area contributed by atoms with Gasteiger partial charge >= 0.3 is 6.03 Å². The average Bonchev–Trinajstić information content (AvgIpc) is 2.51. The second kappa shape index (κ2) is 8.42. The van der Waals surface area contributed by atoms with Gasteiger partial charge in [0.15, 0.2) is 0 Å². The molecule has 8 heteroatoms. The van der Waals surface area contributed by atoms with E-state index in [-0.39, 0.29) is 12.1 Å².